The first-order valence-corrected chi connectivity index (χ1v) is 3.11. The van der Waals surface area contributed by atoms with Crippen molar-refractivity contribution in [3.63, 3.8) is 0 Å². The maximum atomic E-state index is 9.24. The van der Waals surface area contributed by atoms with Crippen LogP contribution in [0.3, 0.4) is 0 Å². The van der Waals surface area contributed by atoms with Gasteiger partial charge in [-0.25, -0.2) is 0 Å². The fourth-order valence-corrected chi connectivity index (χ4v) is 0.445. The summed E-state index contributed by atoms with van der Waals surface area (Å²) < 4.78 is 0. The summed E-state index contributed by atoms with van der Waals surface area (Å²) in [4.78, 5) is 14.8. The highest BCUT2D eigenvalue weighted by Gasteiger charge is 1.95. The van der Waals surface area contributed by atoms with E-state index in [1.54, 1.807) is 24.3 Å². The van der Waals surface area contributed by atoms with Gasteiger partial charge in [-0.1, -0.05) is 18.2 Å². The zero-order valence-corrected chi connectivity index (χ0v) is 6.45. The lowest BCUT2D eigenvalue weighted by Crippen LogP contribution is -1.99. The van der Waals surface area contributed by atoms with Gasteiger partial charge in [0.15, 0.2) is 0 Å². The lowest BCUT2D eigenvalue weighted by Gasteiger charge is -1.83. The lowest BCUT2D eigenvalue weighted by atomic mass is 10.3. The van der Waals surface area contributed by atoms with Crippen molar-refractivity contribution in [2.24, 2.45) is 0 Å². The van der Waals surface area contributed by atoms with E-state index in [1.807, 2.05) is 6.07 Å². The maximum absolute atomic E-state index is 9.24. The zero-order chi connectivity index (χ0) is 10.1. The number of phenols is 1. The number of rotatable bonds is 0. The van der Waals surface area contributed by atoms with Crippen molar-refractivity contribution in [1.82, 2.24) is 0 Å². The first-order chi connectivity index (χ1) is 6.20. The fraction of sp³-hybridized carbons (Fsp3) is 0. The van der Waals surface area contributed by atoms with Gasteiger partial charge in [-0.2, -0.15) is 15.3 Å². The predicted octanol–water partition coefficient (Wildman–Crippen LogP) is 1.48. The van der Waals surface area contributed by atoms with E-state index in [0.29, 0.717) is 5.75 Å². The molecule has 0 bridgehead atoms. The molecule has 0 saturated carbocycles. The number of carbonyl (C=O) groups excluding carboxylic acids is 1. The van der Waals surface area contributed by atoms with Gasteiger partial charge in [-0.15, -0.1) is 0 Å². The van der Waals surface area contributed by atoms with Crippen LogP contribution in [0.1, 0.15) is 0 Å². The highest BCUT2D eigenvalue weighted by molar-refractivity contribution is 5.57. The average molecular weight is 188 g/mol. The smallest absolute Gasteiger partial charge is 0.508 e. The number of hydrogen-bond donors (Lipinski definition) is 3. The summed E-state index contributed by atoms with van der Waals surface area (Å²) in [6.45, 7) is 0. The van der Waals surface area contributed by atoms with E-state index >= 15 is 0 Å². The van der Waals surface area contributed by atoms with Gasteiger partial charge in [0.05, 0.1) is 0 Å². The van der Waals surface area contributed by atoms with Crippen LogP contribution >= 0.6 is 0 Å². The van der Waals surface area contributed by atoms with Crippen molar-refractivity contribution in [3.05, 3.63) is 30.3 Å². The number of hydrogen-bond acceptors (Lipinski definition) is 6. The van der Waals surface area contributed by atoms with Gasteiger partial charge in [-0.3, -0.25) is 9.78 Å². The Labute approximate surface area is 73.4 Å². The number of aromatic hydroxyl groups is 1. The molecular weight excluding hydrogens is 180 g/mol. The Morgan fingerprint density at radius 3 is 1.69 bits per heavy atom. The molecular formula is C7H8O6. The minimum absolute atomic E-state index is 0.322. The molecule has 0 aliphatic heterocycles. The lowest BCUT2D eigenvalue weighted by molar-refractivity contribution is -0.270. The average Bonchev–Trinajstić information content (AvgIpc) is 2.19. The molecule has 0 unspecified atom stereocenters. The first kappa shape index (κ1) is 11.2. The quantitative estimate of drug-likeness (QED) is 0.421. The van der Waals surface area contributed by atoms with Crippen LogP contribution in [-0.4, -0.2) is 21.8 Å². The molecule has 0 aromatic heterocycles. The van der Waals surface area contributed by atoms with Gasteiger partial charge in [0.2, 0.25) is 0 Å². The molecule has 0 fully saturated rings. The van der Waals surface area contributed by atoms with E-state index in [0.717, 1.165) is 0 Å². The van der Waals surface area contributed by atoms with Crippen LogP contribution in [0.25, 0.3) is 0 Å². The second-order valence-electron chi connectivity index (χ2n) is 1.77. The van der Waals surface area contributed by atoms with E-state index in [-0.39, 0.29) is 0 Å². The Morgan fingerprint density at radius 1 is 1.08 bits per heavy atom. The Balaban J connectivity index is 0.000000226. The van der Waals surface area contributed by atoms with Gasteiger partial charge >= 0.3 is 6.16 Å². The summed E-state index contributed by atoms with van der Waals surface area (Å²) in [7, 11) is 0. The van der Waals surface area contributed by atoms with Gasteiger partial charge in [0, 0.05) is 0 Å². The Hall–Kier alpha value is -1.79. The molecule has 1 aromatic carbocycles. The van der Waals surface area contributed by atoms with Gasteiger partial charge in [0.1, 0.15) is 5.75 Å². The molecule has 1 rings (SSSR count). The highest BCUT2D eigenvalue weighted by Crippen LogP contribution is 2.02. The standard InChI is InChI=1S/C6H6O.CH2O5/c7-6-4-2-1-3-5-6;2-1(5-3)6-4/h1-5,7H;3-4H. The molecule has 6 nitrogen and oxygen atoms in total. The summed E-state index contributed by atoms with van der Waals surface area (Å²) in [5, 5.41) is 23.0. The largest absolute Gasteiger partial charge is 0.572 e. The zero-order valence-electron chi connectivity index (χ0n) is 6.45. The molecule has 0 atom stereocenters. The number of carbonyl (C=O) groups is 1. The number of phenolic OH excluding ortho intramolecular Hbond substituents is 1. The second-order valence-corrected chi connectivity index (χ2v) is 1.77. The van der Waals surface area contributed by atoms with Crippen LogP contribution in [0.2, 0.25) is 0 Å². The Bertz CT molecular complexity index is 228. The summed E-state index contributed by atoms with van der Waals surface area (Å²) >= 11 is 0. The minimum Gasteiger partial charge on any atom is -0.508 e. The van der Waals surface area contributed by atoms with Crippen molar-refractivity contribution >= 4 is 6.16 Å². The summed E-state index contributed by atoms with van der Waals surface area (Å²) in [5.74, 6) is 0.322. The molecule has 0 heterocycles. The van der Waals surface area contributed by atoms with E-state index in [1.165, 1.54) is 0 Å². The van der Waals surface area contributed by atoms with E-state index < -0.39 is 6.16 Å². The molecule has 0 spiro atoms. The molecule has 0 aliphatic carbocycles. The predicted molar refractivity (Wildman–Crippen MR) is 40.9 cm³/mol. The topological polar surface area (TPSA) is 96.2 Å². The number of benzene rings is 1. The van der Waals surface area contributed by atoms with E-state index in [9.17, 15) is 4.79 Å². The summed E-state index contributed by atoms with van der Waals surface area (Å²) in [6.07, 6.45) is -1.55. The molecule has 13 heavy (non-hydrogen) atoms. The third kappa shape index (κ3) is 6.60. The molecule has 0 radical (unpaired) electrons. The van der Waals surface area contributed by atoms with Crippen molar-refractivity contribution in [2.45, 2.75) is 0 Å². The van der Waals surface area contributed by atoms with Crippen LogP contribution < -0.4 is 0 Å². The van der Waals surface area contributed by atoms with Crippen molar-refractivity contribution < 1.29 is 30.2 Å². The summed E-state index contributed by atoms with van der Waals surface area (Å²) in [5.41, 5.74) is 0. The molecule has 6 heteroatoms. The molecule has 3 N–H and O–H groups in total. The molecule has 0 aliphatic rings. The van der Waals surface area contributed by atoms with Crippen LogP contribution in [0, 0.1) is 0 Å². The third-order valence-corrected chi connectivity index (χ3v) is 0.905. The first-order valence-electron chi connectivity index (χ1n) is 3.11. The van der Waals surface area contributed by atoms with Crippen LogP contribution in [-0.2, 0) is 9.78 Å². The maximum Gasteiger partial charge on any atom is 0.572 e. The van der Waals surface area contributed by atoms with Crippen molar-refractivity contribution in [1.29, 1.82) is 0 Å². The van der Waals surface area contributed by atoms with Gasteiger partial charge in [0.25, 0.3) is 0 Å². The highest BCUT2D eigenvalue weighted by atomic mass is 17.2. The minimum atomic E-state index is -1.55. The third-order valence-electron chi connectivity index (χ3n) is 0.905. The van der Waals surface area contributed by atoms with Crippen molar-refractivity contribution in [2.75, 3.05) is 0 Å². The molecule has 1 aromatic rings. The monoisotopic (exact) mass is 188 g/mol. The van der Waals surface area contributed by atoms with Crippen LogP contribution in [0.15, 0.2) is 30.3 Å². The second kappa shape index (κ2) is 6.89. The van der Waals surface area contributed by atoms with Crippen LogP contribution in [0.5, 0.6) is 5.75 Å². The van der Waals surface area contributed by atoms with Crippen LogP contribution in [0.4, 0.5) is 4.79 Å². The Kier molecular flexibility index (Phi) is 5.94. The normalized spacial score (nSPS) is 7.85. The SMILES string of the molecule is O=C(OO)OO.Oc1ccccc1. The molecule has 0 saturated heterocycles. The number of para-hydroxylation sites is 1. The molecule has 72 valence electrons. The van der Waals surface area contributed by atoms with Crippen molar-refractivity contribution in [3.8, 4) is 5.75 Å². The van der Waals surface area contributed by atoms with E-state index in [4.69, 9.17) is 15.6 Å². The molecule has 0 amide bonds. The fourth-order valence-electron chi connectivity index (χ4n) is 0.445. The summed E-state index contributed by atoms with van der Waals surface area (Å²) in [6, 6.07) is 8.71. The van der Waals surface area contributed by atoms with Gasteiger partial charge < -0.3 is 5.11 Å². The van der Waals surface area contributed by atoms with Gasteiger partial charge in [-0.05, 0) is 12.1 Å². The van der Waals surface area contributed by atoms with E-state index in [2.05, 4.69) is 9.78 Å². The Morgan fingerprint density at radius 2 is 1.54 bits per heavy atom.